The van der Waals surface area contributed by atoms with E-state index in [2.05, 4.69) is 10.6 Å². The van der Waals surface area contributed by atoms with Crippen molar-refractivity contribution in [2.75, 3.05) is 6.54 Å². The average Bonchev–Trinajstić information content (AvgIpc) is 2.42. The third-order valence-corrected chi connectivity index (χ3v) is 2.63. The number of hydrogen-bond acceptors (Lipinski definition) is 3. The lowest BCUT2D eigenvalue weighted by Crippen LogP contribution is -2.47. The molecule has 2 N–H and O–H groups in total. The van der Waals surface area contributed by atoms with Crippen LogP contribution in [-0.2, 0) is 9.59 Å². The van der Waals surface area contributed by atoms with Crippen molar-refractivity contribution in [2.45, 2.75) is 52.6 Å². The Bertz CT molecular complexity index is 385. The van der Waals surface area contributed by atoms with Gasteiger partial charge in [-0.05, 0) is 33.1 Å². The van der Waals surface area contributed by atoms with Crippen LogP contribution in [0, 0.1) is 5.92 Å². The Morgan fingerprint density at radius 1 is 1.37 bits per heavy atom. The molecular formula is C13H23N3O3. The van der Waals surface area contributed by atoms with Gasteiger partial charge in [-0.1, -0.05) is 13.8 Å². The number of carbonyl (C=O) groups is 3. The summed E-state index contributed by atoms with van der Waals surface area (Å²) in [4.78, 5) is 36.4. The number of nitrogens with zero attached hydrogens (tertiary/aromatic N) is 1. The van der Waals surface area contributed by atoms with E-state index in [9.17, 15) is 14.4 Å². The first-order valence-electron chi connectivity index (χ1n) is 6.53. The molecule has 0 aliphatic carbocycles. The summed E-state index contributed by atoms with van der Waals surface area (Å²) in [6, 6.07) is -0.991. The van der Waals surface area contributed by atoms with Crippen LogP contribution in [0.4, 0.5) is 4.79 Å². The van der Waals surface area contributed by atoms with Gasteiger partial charge in [0.25, 0.3) is 5.91 Å². The van der Waals surface area contributed by atoms with Crippen LogP contribution >= 0.6 is 0 Å². The van der Waals surface area contributed by atoms with E-state index in [-0.39, 0.29) is 23.9 Å². The first kappa shape index (κ1) is 15.5. The molecule has 0 spiro atoms. The molecule has 108 valence electrons. The molecule has 0 saturated carbocycles. The molecule has 1 aliphatic heterocycles. The minimum absolute atomic E-state index is 0.226. The third-order valence-electron chi connectivity index (χ3n) is 2.63. The number of amides is 4. The third kappa shape index (κ3) is 4.54. The van der Waals surface area contributed by atoms with E-state index in [0.717, 1.165) is 4.90 Å². The molecule has 0 unspecified atom stereocenters. The maximum Gasteiger partial charge on any atom is 0.325 e. The number of rotatable bonds is 4. The van der Waals surface area contributed by atoms with E-state index in [1.54, 1.807) is 0 Å². The molecule has 1 saturated heterocycles. The number of imide groups is 1. The Balaban J connectivity index is 2.62. The molecule has 1 atom stereocenters. The Labute approximate surface area is 113 Å². The van der Waals surface area contributed by atoms with Crippen LogP contribution in [-0.4, -0.2) is 40.9 Å². The molecule has 0 aromatic heterocycles. The summed E-state index contributed by atoms with van der Waals surface area (Å²) >= 11 is 0. The first-order valence-corrected chi connectivity index (χ1v) is 6.53. The first-order chi connectivity index (χ1) is 8.60. The van der Waals surface area contributed by atoms with Crippen molar-refractivity contribution >= 4 is 17.8 Å². The van der Waals surface area contributed by atoms with E-state index in [1.165, 1.54) is 0 Å². The van der Waals surface area contributed by atoms with Gasteiger partial charge in [0.15, 0.2) is 0 Å². The van der Waals surface area contributed by atoms with Crippen LogP contribution in [0.1, 0.15) is 41.0 Å². The van der Waals surface area contributed by atoms with Crippen molar-refractivity contribution < 1.29 is 14.4 Å². The van der Waals surface area contributed by atoms with Gasteiger partial charge in [-0.2, -0.15) is 0 Å². The van der Waals surface area contributed by atoms with Gasteiger partial charge in [0, 0.05) is 5.54 Å². The molecule has 6 nitrogen and oxygen atoms in total. The summed E-state index contributed by atoms with van der Waals surface area (Å²) < 4.78 is 0. The van der Waals surface area contributed by atoms with Gasteiger partial charge < -0.3 is 10.6 Å². The van der Waals surface area contributed by atoms with E-state index in [1.807, 2.05) is 34.6 Å². The summed E-state index contributed by atoms with van der Waals surface area (Å²) in [6.45, 7) is 9.27. The van der Waals surface area contributed by atoms with Gasteiger partial charge in [-0.15, -0.1) is 0 Å². The zero-order chi connectivity index (χ0) is 14.8. The zero-order valence-corrected chi connectivity index (χ0v) is 12.2. The molecule has 6 heteroatoms. The summed E-state index contributed by atoms with van der Waals surface area (Å²) in [7, 11) is 0. The molecule has 19 heavy (non-hydrogen) atoms. The second-order valence-electron chi connectivity index (χ2n) is 6.35. The van der Waals surface area contributed by atoms with Crippen LogP contribution in [0.15, 0.2) is 0 Å². The normalized spacial score (nSPS) is 19.9. The maximum atomic E-state index is 12.0. The van der Waals surface area contributed by atoms with Gasteiger partial charge in [0.2, 0.25) is 5.91 Å². The lowest BCUT2D eigenvalue weighted by Gasteiger charge is -2.22. The summed E-state index contributed by atoms with van der Waals surface area (Å²) in [6.07, 6.45) is 0.585. The molecule has 0 aromatic rings. The highest BCUT2D eigenvalue weighted by Crippen LogP contribution is 2.14. The summed E-state index contributed by atoms with van der Waals surface area (Å²) in [5, 5.41) is 5.34. The summed E-state index contributed by atoms with van der Waals surface area (Å²) in [5.41, 5.74) is -0.381. The van der Waals surface area contributed by atoms with Crippen LogP contribution in [0.3, 0.4) is 0 Å². The lowest BCUT2D eigenvalue weighted by atomic mass is 10.0. The lowest BCUT2D eigenvalue weighted by molar-refractivity contribution is -0.133. The van der Waals surface area contributed by atoms with E-state index in [0.29, 0.717) is 12.3 Å². The SMILES string of the molecule is CC(C)C[C@@H]1NC(=O)N(CC(=O)NC(C)(C)C)C1=O. The predicted octanol–water partition coefficient (Wildman–Crippen LogP) is 0.868. The fourth-order valence-corrected chi connectivity index (χ4v) is 1.96. The zero-order valence-electron chi connectivity index (χ0n) is 12.2. The quantitative estimate of drug-likeness (QED) is 0.743. The van der Waals surface area contributed by atoms with Crippen molar-refractivity contribution in [1.82, 2.24) is 15.5 Å². The van der Waals surface area contributed by atoms with Crippen molar-refractivity contribution in [3.8, 4) is 0 Å². The Morgan fingerprint density at radius 2 is 1.95 bits per heavy atom. The number of carbonyl (C=O) groups excluding carboxylic acids is 3. The molecule has 1 aliphatic rings. The Morgan fingerprint density at radius 3 is 2.42 bits per heavy atom. The summed E-state index contributed by atoms with van der Waals surface area (Å²) in [5.74, 6) is -0.346. The second-order valence-corrected chi connectivity index (χ2v) is 6.35. The number of urea groups is 1. The highest BCUT2D eigenvalue weighted by atomic mass is 16.2. The standard InChI is InChI=1S/C13H23N3O3/c1-8(2)6-9-11(18)16(12(19)14-9)7-10(17)15-13(3,4)5/h8-9H,6-7H2,1-5H3,(H,14,19)(H,15,17)/t9-/m0/s1. The fraction of sp³-hybridized carbons (Fsp3) is 0.769. The largest absolute Gasteiger partial charge is 0.350 e. The maximum absolute atomic E-state index is 12.0. The highest BCUT2D eigenvalue weighted by Gasteiger charge is 2.39. The molecule has 1 rings (SSSR count). The van der Waals surface area contributed by atoms with Crippen LogP contribution in [0.2, 0.25) is 0 Å². The van der Waals surface area contributed by atoms with E-state index >= 15 is 0 Å². The molecule has 0 radical (unpaired) electrons. The number of nitrogens with one attached hydrogen (secondary N) is 2. The van der Waals surface area contributed by atoms with Crippen LogP contribution < -0.4 is 10.6 Å². The fourth-order valence-electron chi connectivity index (χ4n) is 1.96. The molecule has 0 bridgehead atoms. The Hall–Kier alpha value is -1.59. The topological polar surface area (TPSA) is 78.5 Å². The van der Waals surface area contributed by atoms with Crippen molar-refractivity contribution in [3.05, 3.63) is 0 Å². The van der Waals surface area contributed by atoms with E-state index < -0.39 is 12.1 Å². The number of hydrogen-bond donors (Lipinski definition) is 2. The predicted molar refractivity (Wildman–Crippen MR) is 71.4 cm³/mol. The molecule has 0 aromatic carbocycles. The van der Waals surface area contributed by atoms with Crippen LogP contribution in [0.5, 0.6) is 0 Å². The minimum Gasteiger partial charge on any atom is -0.350 e. The van der Waals surface area contributed by atoms with Gasteiger partial charge in [0.1, 0.15) is 12.6 Å². The monoisotopic (exact) mass is 269 g/mol. The molecule has 1 fully saturated rings. The van der Waals surface area contributed by atoms with E-state index in [4.69, 9.17) is 0 Å². The van der Waals surface area contributed by atoms with Crippen molar-refractivity contribution in [1.29, 1.82) is 0 Å². The minimum atomic E-state index is -0.505. The smallest absolute Gasteiger partial charge is 0.325 e. The highest BCUT2D eigenvalue weighted by molar-refractivity contribution is 6.06. The molecular weight excluding hydrogens is 246 g/mol. The van der Waals surface area contributed by atoms with Gasteiger partial charge in [-0.25, -0.2) is 4.79 Å². The average molecular weight is 269 g/mol. The molecule has 4 amide bonds. The van der Waals surface area contributed by atoms with Gasteiger partial charge >= 0.3 is 6.03 Å². The van der Waals surface area contributed by atoms with Gasteiger partial charge in [-0.3, -0.25) is 14.5 Å². The van der Waals surface area contributed by atoms with Crippen molar-refractivity contribution in [3.63, 3.8) is 0 Å². The van der Waals surface area contributed by atoms with Gasteiger partial charge in [0.05, 0.1) is 0 Å². The molecule has 1 heterocycles. The second kappa shape index (κ2) is 5.59. The Kier molecular flexibility index (Phi) is 4.55. The van der Waals surface area contributed by atoms with Crippen molar-refractivity contribution in [2.24, 2.45) is 5.92 Å². The van der Waals surface area contributed by atoms with Crippen LogP contribution in [0.25, 0.3) is 0 Å².